The molecule has 0 aliphatic carbocycles. The van der Waals surface area contributed by atoms with Gasteiger partial charge in [0.1, 0.15) is 0 Å². The second kappa shape index (κ2) is 12.1. The van der Waals surface area contributed by atoms with Crippen LogP contribution in [0.25, 0.3) is 11.1 Å². The van der Waals surface area contributed by atoms with E-state index in [4.69, 9.17) is 29.3 Å². The summed E-state index contributed by atoms with van der Waals surface area (Å²) in [6.45, 7) is 0.490. The third kappa shape index (κ3) is 5.59. The van der Waals surface area contributed by atoms with Gasteiger partial charge in [0, 0.05) is 41.7 Å². The largest absolute Gasteiger partial charge is 0.521 e. The number of aromatic carboxylic acids is 1. The van der Waals surface area contributed by atoms with Crippen molar-refractivity contribution in [2.75, 3.05) is 13.6 Å². The predicted molar refractivity (Wildman–Crippen MR) is 133 cm³/mol. The van der Waals surface area contributed by atoms with E-state index in [9.17, 15) is 14.9 Å². The summed E-state index contributed by atoms with van der Waals surface area (Å²) in [5, 5.41) is 29.5. The molecule has 3 aromatic carbocycles. The van der Waals surface area contributed by atoms with Crippen LogP contribution < -0.4 is 29.6 Å². The molecule has 13 heteroatoms. The molecule has 189 valence electrons. The van der Waals surface area contributed by atoms with Gasteiger partial charge in [-0.3, -0.25) is 10.1 Å². The Morgan fingerprint density at radius 1 is 1.03 bits per heavy atom. The van der Waals surface area contributed by atoms with E-state index in [1.54, 1.807) is 6.07 Å². The first kappa shape index (κ1) is 29.0. The minimum absolute atomic E-state index is 0. The maximum absolute atomic E-state index is 10.4. The zero-order valence-corrected chi connectivity index (χ0v) is 23.3. The van der Waals surface area contributed by atoms with Crippen molar-refractivity contribution in [3.8, 4) is 40.2 Å². The number of ether oxygens (including phenoxy) is 4. The van der Waals surface area contributed by atoms with Gasteiger partial charge in [-0.1, -0.05) is 23.8 Å². The number of fused-ring (bicyclic) bond motifs is 2. The number of nitriles is 1. The molecule has 2 aliphatic rings. The number of hydrogen-bond donors (Lipinski definition) is 1. The fourth-order valence-electron chi connectivity index (χ4n) is 3.34. The van der Waals surface area contributed by atoms with Crippen molar-refractivity contribution in [3.63, 3.8) is 0 Å². The number of nitro groups is 1. The number of rotatable bonds is 3. The van der Waals surface area contributed by atoms with Crippen LogP contribution in [0.1, 0.15) is 15.9 Å². The molecule has 1 N–H and O–H groups in total. The number of carbonyl (C=O) groups is 1. The first-order valence-corrected chi connectivity index (χ1v) is 10.7. The molecule has 0 spiro atoms. The summed E-state index contributed by atoms with van der Waals surface area (Å²) in [5.74, 6) is 1.70. The van der Waals surface area contributed by atoms with E-state index in [0.717, 1.165) is 56.9 Å². The smallest absolute Gasteiger partial charge is 0.247 e. The molecule has 0 aromatic heterocycles. The summed E-state index contributed by atoms with van der Waals surface area (Å²) in [7, 11) is 5.47. The fraction of sp³-hybridized carbons (Fsp3) is 0.0870. The van der Waals surface area contributed by atoms with E-state index >= 15 is 0 Å². The Balaban J connectivity index is 0.000000256. The Morgan fingerprint density at radius 2 is 1.53 bits per heavy atom. The Morgan fingerprint density at radius 3 is 1.94 bits per heavy atom. The van der Waals surface area contributed by atoms with Gasteiger partial charge in [0.05, 0.1) is 6.07 Å². The van der Waals surface area contributed by atoms with Crippen LogP contribution in [0.4, 0.5) is 5.69 Å². The summed E-state index contributed by atoms with van der Waals surface area (Å²) in [5.41, 5.74) is 0.869. The first-order chi connectivity index (χ1) is 16.3. The van der Waals surface area contributed by atoms with Gasteiger partial charge in [-0.05, 0) is 22.7 Å². The summed E-state index contributed by atoms with van der Waals surface area (Å²) in [6, 6.07) is 13.4. The molecule has 2 unspecified atom stereocenters. The van der Waals surface area contributed by atoms with Crippen molar-refractivity contribution in [1.82, 2.24) is 0 Å². The molecule has 3 aromatic rings. The second-order valence-electron chi connectivity index (χ2n) is 6.85. The average Bonchev–Trinajstić information content (AvgIpc) is 3.49. The van der Waals surface area contributed by atoms with E-state index in [2.05, 4.69) is 24.5 Å². The number of nitrogens with zero attached hydrogens (tertiary/aromatic N) is 2. The molecule has 5 rings (SSSR count). The maximum Gasteiger partial charge on any atom is 0.247 e. The minimum atomic E-state index is -1.32. The average molecular weight is 705 g/mol. The van der Waals surface area contributed by atoms with E-state index < -0.39 is 16.6 Å². The quantitative estimate of drug-likeness (QED) is 0.188. The van der Waals surface area contributed by atoms with Gasteiger partial charge >= 0.3 is 0 Å². The number of carboxylic acids is 1. The van der Waals surface area contributed by atoms with Crippen LogP contribution in [0.3, 0.4) is 0 Å². The molecule has 36 heavy (non-hydrogen) atoms. The summed E-state index contributed by atoms with van der Waals surface area (Å²) >= 11 is 0. The second-order valence-corrected chi connectivity index (χ2v) is 8.09. The topological polar surface area (TPSA) is 141 Å². The van der Waals surface area contributed by atoms with Gasteiger partial charge in [0.15, 0.2) is 23.0 Å². The van der Waals surface area contributed by atoms with Crippen molar-refractivity contribution < 1.29 is 53.9 Å². The molecule has 0 amide bonds. The Labute approximate surface area is 224 Å². The van der Waals surface area contributed by atoms with Crippen LogP contribution in [0.15, 0.2) is 36.4 Å². The molecule has 0 bridgehead atoms. The van der Waals surface area contributed by atoms with E-state index in [1.807, 2.05) is 24.3 Å². The third-order valence-corrected chi connectivity index (χ3v) is 5.83. The number of carboxylic acid groups (broad SMARTS) is 1. The summed E-state index contributed by atoms with van der Waals surface area (Å²) in [4.78, 5) is 20.0. The Bertz CT molecular complexity index is 1320. The molecule has 0 saturated carbocycles. The summed E-state index contributed by atoms with van der Waals surface area (Å²) in [6.07, 6.45) is 0. The van der Waals surface area contributed by atoms with Crippen molar-refractivity contribution >= 4 is 40.7 Å². The predicted octanol–water partition coefficient (Wildman–Crippen LogP) is 3.22. The molecule has 0 saturated heterocycles. The molecule has 0 fully saturated rings. The molecule has 10 nitrogen and oxygen atoms in total. The van der Waals surface area contributed by atoms with Crippen LogP contribution >= 0.6 is 18.5 Å². The maximum atomic E-state index is 10.4. The van der Waals surface area contributed by atoms with Crippen molar-refractivity contribution in [3.05, 3.63) is 71.1 Å². The van der Waals surface area contributed by atoms with Crippen LogP contribution in [0.5, 0.6) is 23.0 Å². The van der Waals surface area contributed by atoms with Gasteiger partial charge in [-0.2, -0.15) is 0 Å². The van der Waals surface area contributed by atoms with Crippen molar-refractivity contribution in [2.24, 2.45) is 0 Å². The third-order valence-electron chi connectivity index (χ3n) is 4.87. The van der Waals surface area contributed by atoms with E-state index in [1.165, 1.54) is 0 Å². The number of nitro benzene ring substituents is 1. The van der Waals surface area contributed by atoms with Crippen molar-refractivity contribution in [1.29, 1.82) is 5.26 Å². The molecule has 1 radical (unpaired) electrons. The van der Waals surface area contributed by atoms with Gasteiger partial charge in [-0.15, -0.1) is 30.6 Å². The van der Waals surface area contributed by atoms with Gasteiger partial charge in [-0.25, -0.2) is 5.26 Å². The molecule has 2 atom stereocenters. The monoisotopic (exact) mass is 705 g/mol. The Kier molecular flexibility index (Phi) is 9.75. The molecular formula is C23H18IrN2O8P2-2. The fourth-order valence-corrected chi connectivity index (χ4v) is 4.08. The minimum Gasteiger partial charge on any atom is -0.521 e. The van der Waals surface area contributed by atoms with Gasteiger partial charge < -0.3 is 36.3 Å². The van der Waals surface area contributed by atoms with Crippen LogP contribution in [0.2, 0.25) is 0 Å². The molecule has 2 heterocycles. The SMILES string of the molecule is N#Cc1c[c-]c(C(=O)O)cc1[N+](=O)[O-].Pc1ccc2c(c1-c1c(P)ccc3c1OCO3)OCO2.[CH3-].[Ir]. The van der Waals surface area contributed by atoms with Crippen LogP contribution in [-0.4, -0.2) is 29.6 Å². The zero-order chi connectivity index (χ0) is 24.4. The van der Waals surface area contributed by atoms with Crippen LogP contribution in [0, 0.1) is 34.9 Å². The Hall–Kier alpha value is -3.27. The normalized spacial score (nSPS) is 11.7. The zero-order valence-electron chi connectivity index (χ0n) is 18.6. The number of benzene rings is 3. The van der Waals surface area contributed by atoms with Gasteiger partial charge in [0.25, 0.3) is 0 Å². The standard InChI is InChI=1S/C14H12O4P2.C8H3N2O4.CH3.Ir/c19-9-3-1-7-13(17-5-15-7)11(9)12-10(20)4-2-8-14(12)18-6-16-8;9-4-6-2-1-5(8(11)12)3-7(6)10(13)14;;/h1-4H,5-6,19-20H2;2-3H,(H,11,12);1H3;/q;2*-1;. The van der Waals surface area contributed by atoms with Crippen molar-refractivity contribution in [2.45, 2.75) is 0 Å². The number of hydrogen-bond acceptors (Lipinski definition) is 8. The molecule has 2 aliphatic heterocycles. The van der Waals surface area contributed by atoms with Crippen LogP contribution in [-0.2, 0) is 20.1 Å². The van der Waals surface area contributed by atoms with E-state index in [-0.39, 0.29) is 52.2 Å². The molecular weight excluding hydrogens is 686 g/mol. The first-order valence-electron chi connectivity index (χ1n) is 9.51. The van der Waals surface area contributed by atoms with E-state index in [0.29, 0.717) is 0 Å². The van der Waals surface area contributed by atoms with Gasteiger partial charge in [0.2, 0.25) is 25.2 Å². The summed E-state index contributed by atoms with van der Waals surface area (Å²) < 4.78 is 22.2.